The number of carbonyl (C=O) groups excluding carboxylic acids is 2. The highest BCUT2D eigenvalue weighted by Gasteiger charge is 2.23. The molecule has 2 amide bonds. The van der Waals surface area contributed by atoms with Gasteiger partial charge in [-0.2, -0.15) is 0 Å². The summed E-state index contributed by atoms with van der Waals surface area (Å²) < 4.78 is 5.56. The van der Waals surface area contributed by atoms with Crippen molar-refractivity contribution in [3.05, 3.63) is 34.9 Å². The molecule has 0 saturated carbocycles. The molecule has 1 aliphatic rings. The minimum Gasteiger partial charge on any atom is -0.379 e. The van der Waals surface area contributed by atoms with E-state index >= 15 is 0 Å². The van der Waals surface area contributed by atoms with Gasteiger partial charge in [-0.15, -0.1) is 0 Å². The number of rotatable bonds is 8. The summed E-state index contributed by atoms with van der Waals surface area (Å²) >= 11 is 6.01. The molecule has 26 heavy (non-hydrogen) atoms. The molecule has 0 aromatic heterocycles. The van der Waals surface area contributed by atoms with Gasteiger partial charge in [-0.3, -0.25) is 9.59 Å². The van der Waals surface area contributed by atoms with Gasteiger partial charge < -0.3 is 19.9 Å². The Morgan fingerprint density at radius 2 is 2.04 bits per heavy atom. The first kappa shape index (κ1) is 20.7. The Balaban J connectivity index is 2.02. The summed E-state index contributed by atoms with van der Waals surface area (Å²) in [5.74, 6) is -0.202. The molecule has 1 N–H and O–H groups in total. The number of benzene rings is 1. The highest BCUT2D eigenvalue weighted by molar-refractivity contribution is 6.30. The van der Waals surface area contributed by atoms with Crippen LogP contribution in [-0.4, -0.2) is 73.6 Å². The Morgan fingerprint density at radius 1 is 1.31 bits per heavy atom. The van der Waals surface area contributed by atoms with Gasteiger partial charge in [-0.05, 0) is 38.5 Å². The van der Waals surface area contributed by atoms with E-state index in [1.807, 2.05) is 13.8 Å². The van der Waals surface area contributed by atoms with Crippen LogP contribution >= 0.6 is 11.6 Å². The number of carbonyl (C=O) groups is 2. The second-order valence-corrected chi connectivity index (χ2v) is 7.08. The molecular formula is C19H28ClN3O3. The Morgan fingerprint density at radius 3 is 2.69 bits per heavy atom. The van der Waals surface area contributed by atoms with Crippen LogP contribution in [0.25, 0.3) is 0 Å². The van der Waals surface area contributed by atoms with Gasteiger partial charge in [0.15, 0.2) is 0 Å². The summed E-state index contributed by atoms with van der Waals surface area (Å²) in [4.78, 5) is 28.9. The lowest BCUT2D eigenvalue weighted by Crippen LogP contribution is -2.50. The number of halogens is 1. The molecule has 0 aliphatic carbocycles. The standard InChI is InChI=1S/C19H28ClN3O3/c1-15(2)26-12-4-9-23(14-18(24)22-10-7-21-8-11-22)19(25)16-5-3-6-17(20)13-16/h3,5-6,13,15,21H,4,7-12,14H2,1-2H3. The van der Waals surface area contributed by atoms with Crippen LogP contribution in [0.2, 0.25) is 5.02 Å². The first-order valence-corrected chi connectivity index (χ1v) is 9.50. The Bertz CT molecular complexity index is 603. The number of nitrogens with zero attached hydrogens (tertiary/aromatic N) is 2. The van der Waals surface area contributed by atoms with E-state index in [1.165, 1.54) is 0 Å². The maximum absolute atomic E-state index is 12.9. The lowest BCUT2D eigenvalue weighted by Gasteiger charge is -2.30. The van der Waals surface area contributed by atoms with Crippen molar-refractivity contribution in [2.45, 2.75) is 26.4 Å². The first-order chi connectivity index (χ1) is 12.5. The lowest BCUT2D eigenvalue weighted by atomic mass is 10.2. The number of ether oxygens (including phenoxy) is 1. The highest BCUT2D eigenvalue weighted by atomic mass is 35.5. The van der Waals surface area contributed by atoms with E-state index in [9.17, 15) is 9.59 Å². The van der Waals surface area contributed by atoms with Gasteiger partial charge in [0.25, 0.3) is 5.91 Å². The predicted octanol–water partition coefficient (Wildman–Crippen LogP) is 2.03. The average Bonchev–Trinajstić information content (AvgIpc) is 2.64. The summed E-state index contributed by atoms with van der Waals surface area (Å²) in [7, 11) is 0. The fraction of sp³-hybridized carbons (Fsp3) is 0.579. The normalized spacial score (nSPS) is 14.5. The number of nitrogens with one attached hydrogen (secondary N) is 1. The molecule has 6 nitrogen and oxygen atoms in total. The van der Waals surface area contributed by atoms with E-state index in [0.717, 1.165) is 13.1 Å². The summed E-state index contributed by atoms with van der Waals surface area (Å²) in [5, 5.41) is 3.73. The number of hydrogen-bond acceptors (Lipinski definition) is 4. The maximum atomic E-state index is 12.9. The number of amides is 2. The molecule has 0 radical (unpaired) electrons. The van der Waals surface area contributed by atoms with Crippen molar-refractivity contribution in [1.29, 1.82) is 0 Å². The molecule has 0 unspecified atom stereocenters. The van der Waals surface area contributed by atoms with Crippen LogP contribution < -0.4 is 5.32 Å². The van der Waals surface area contributed by atoms with Crippen molar-refractivity contribution >= 4 is 23.4 Å². The third kappa shape index (κ3) is 6.59. The van der Waals surface area contributed by atoms with E-state index in [2.05, 4.69) is 5.32 Å². The maximum Gasteiger partial charge on any atom is 0.254 e. The molecule has 1 aromatic rings. The third-order valence-corrected chi connectivity index (χ3v) is 4.41. The zero-order valence-electron chi connectivity index (χ0n) is 15.5. The van der Waals surface area contributed by atoms with E-state index in [0.29, 0.717) is 43.2 Å². The molecule has 1 fully saturated rings. The lowest BCUT2D eigenvalue weighted by molar-refractivity contribution is -0.132. The molecular weight excluding hydrogens is 354 g/mol. The van der Waals surface area contributed by atoms with Crippen LogP contribution in [0.1, 0.15) is 30.6 Å². The predicted molar refractivity (Wildman–Crippen MR) is 103 cm³/mol. The average molecular weight is 382 g/mol. The van der Waals surface area contributed by atoms with Crippen molar-refractivity contribution in [1.82, 2.24) is 15.1 Å². The molecule has 0 bridgehead atoms. The quantitative estimate of drug-likeness (QED) is 0.700. The molecule has 144 valence electrons. The van der Waals surface area contributed by atoms with Crippen molar-refractivity contribution < 1.29 is 14.3 Å². The van der Waals surface area contributed by atoms with Crippen LogP contribution in [0.4, 0.5) is 0 Å². The van der Waals surface area contributed by atoms with Gasteiger partial charge in [-0.1, -0.05) is 17.7 Å². The van der Waals surface area contributed by atoms with Crippen LogP contribution in [0.15, 0.2) is 24.3 Å². The third-order valence-electron chi connectivity index (χ3n) is 4.18. The van der Waals surface area contributed by atoms with Gasteiger partial charge in [0.2, 0.25) is 5.91 Å². The van der Waals surface area contributed by atoms with Gasteiger partial charge in [0.1, 0.15) is 6.54 Å². The monoisotopic (exact) mass is 381 g/mol. The SMILES string of the molecule is CC(C)OCCCN(CC(=O)N1CCNCC1)C(=O)c1cccc(Cl)c1. The molecule has 0 atom stereocenters. The number of hydrogen-bond donors (Lipinski definition) is 1. The Hall–Kier alpha value is -1.63. The molecule has 1 aromatic carbocycles. The molecule has 1 saturated heterocycles. The van der Waals surface area contributed by atoms with Crippen molar-refractivity contribution in [3.8, 4) is 0 Å². The van der Waals surface area contributed by atoms with Crippen LogP contribution in [0, 0.1) is 0 Å². The number of piperazine rings is 1. The molecule has 1 aliphatic heterocycles. The summed E-state index contributed by atoms with van der Waals surface area (Å²) in [6.45, 7) is 7.97. The van der Waals surface area contributed by atoms with Gasteiger partial charge in [0.05, 0.1) is 6.10 Å². The van der Waals surface area contributed by atoms with Gasteiger partial charge in [-0.25, -0.2) is 0 Å². The van der Waals surface area contributed by atoms with E-state index in [4.69, 9.17) is 16.3 Å². The van der Waals surface area contributed by atoms with E-state index in [-0.39, 0.29) is 24.5 Å². The second-order valence-electron chi connectivity index (χ2n) is 6.64. The van der Waals surface area contributed by atoms with E-state index in [1.54, 1.807) is 34.1 Å². The topological polar surface area (TPSA) is 61.9 Å². The molecule has 0 spiro atoms. The Labute approximate surface area is 160 Å². The fourth-order valence-corrected chi connectivity index (χ4v) is 3.00. The smallest absolute Gasteiger partial charge is 0.254 e. The molecule has 2 rings (SSSR count). The van der Waals surface area contributed by atoms with Crippen molar-refractivity contribution in [2.24, 2.45) is 0 Å². The minimum absolute atomic E-state index is 0.0216. The summed E-state index contributed by atoms with van der Waals surface area (Å²) in [6.07, 6.45) is 0.828. The van der Waals surface area contributed by atoms with Crippen LogP contribution in [0.3, 0.4) is 0 Å². The van der Waals surface area contributed by atoms with Crippen molar-refractivity contribution in [3.63, 3.8) is 0 Å². The van der Waals surface area contributed by atoms with Gasteiger partial charge in [0, 0.05) is 49.9 Å². The summed E-state index contributed by atoms with van der Waals surface area (Å²) in [6, 6.07) is 6.83. The zero-order valence-corrected chi connectivity index (χ0v) is 16.3. The largest absolute Gasteiger partial charge is 0.379 e. The highest BCUT2D eigenvalue weighted by Crippen LogP contribution is 2.13. The van der Waals surface area contributed by atoms with Gasteiger partial charge >= 0.3 is 0 Å². The van der Waals surface area contributed by atoms with Crippen LogP contribution in [0.5, 0.6) is 0 Å². The molecule has 1 heterocycles. The fourth-order valence-electron chi connectivity index (χ4n) is 2.81. The zero-order chi connectivity index (χ0) is 18.9. The van der Waals surface area contributed by atoms with E-state index < -0.39 is 0 Å². The minimum atomic E-state index is -0.180. The second kappa shape index (κ2) is 10.5. The van der Waals surface area contributed by atoms with Crippen molar-refractivity contribution in [2.75, 3.05) is 45.9 Å². The van der Waals surface area contributed by atoms with Crippen LogP contribution in [-0.2, 0) is 9.53 Å². The summed E-state index contributed by atoms with van der Waals surface area (Å²) in [5.41, 5.74) is 0.496. The Kier molecular flexibility index (Phi) is 8.35. The first-order valence-electron chi connectivity index (χ1n) is 9.12. The molecule has 7 heteroatoms.